The van der Waals surface area contributed by atoms with E-state index in [1.54, 1.807) is 32.4 Å². The van der Waals surface area contributed by atoms with Gasteiger partial charge >= 0.3 is 0 Å². The molecular formula is C19H23NO4. The van der Waals surface area contributed by atoms with E-state index in [0.717, 1.165) is 11.3 Å². The molecule has 0 saturated carbocycles. The number of anilines is 1. The summed E-state index contributed by atoms with van der Waals surface area (Å²) in [5.41, 5.74) is 1.73. The van der Waals surface area contributed by atoms with Gasteiger partial charge < -0.3 is 19.5 Å². The predicted octanol–water partition coefficient (Wildman–Crippen LogP) is 3.67. The number of hydrogen-bond acceptors (Lipinski definition) is 4. The van der Waals surface area contributed by atoms with Crippen molar-refractivity contribution in [1.29, 1.82) is 0 Å². The van der Waals surface area contributed by atoms with Crippen molar-refractivity contribution in [3.8, 4) is 17.2 Å². The normalized spacial score (nSPS) is 10.1. The number of aryl methyl sites for hydroxylation is 1. The lowest BCUT2D eigenvalue weighted by Gasteiger charge is -2.11. The van der Waals surface area contributed by atoms with Gasteiger partial charge in [0, 0.05) is 12.5 Å². The SMILES string of the molecule is CCOc1ccc(CCC(=O)Nc2ccc(OC)cc2OC)cc1. The van der Waals surface area contributed by atoms with Crippen molar-refractivity contribution < 1.29 is 19.0 Å². The van der Waals surface area contributed by atoms with Gasteiger partial charge in [-0.2, -0.15) is 0 Å². The van der Waals surface area contributed by atoms with Gasteiger partial charge in [-0.3, -0.25) is 4.79 Å². The maximum atomic E-state index is 12.2. The summed E-state index contributed by atoms with van der Waals surface area (Å²) in [6.07, 6.45) is 1.06. The highest BCUT2D eigenvalue weighted by atomic mass is 16.5. The third-order valence-corrected chi connectivity index (χ3v) is 3.56. The Balaban J connectivity index is 1.91. The predicted molar refractivity (Wildman–Crippen MR) is 94.1 cm³/mol. The minimum Gasteiger partial charge on any atom is -0.497 e. The van der Waals surface area contributed by atoms with Crippen molar-refractivity contribution in [3.05, 3.63) is 48.0 Å². The Morgan fingerprint density at radius 1 is 1.00 bits per heavy atom. The van der Waals surface area contributed by atoms with Crippen LogP contribution in [-0.2, 0) is 11.2 Å². The highest BCUT2D eigenvalue weighted by Crippen LogP contribution is 2.29. The number of benzene rings is 2. The van der Waals surface area contributed by atoms with Crippen molar-refractivity contribution in [2.45, 2.75) is 19.8 Å². The lowest BCUT2D eigenvalue weighted by molar-refractivity contribution is -0.116. The molecule has 0 aliphatic heterocycles. The average molecular weight is 329 g/mol. The lowest BCUT2D eigenvalue weighted by Crippen LogP contribution is -2.13. The molecule has 2 aromatic carbocycles. The van der Waals surface area contributed by atoms with E-state index in [4.69, 9.17) is 14.2 Å². The quantitative estimate of drug-likeness (QED) is 0.803. The Bertz CT molecular complexity index is 668. The molecule has 0 aromatic heterocycles. The molecule has 0 aliphatic rings. The second-order valence-electron chi connectivity index (χ2n) is 5.19. The zero-order valence-electron chi connectivity index (χ0n) is 14.3. The second kappa shape index (κ2) is 8.82. The van der Waals surface area contributed by atoms with Crippen molar-refractivity contribution in [2.24, 2.45) is 0 Å². The van der Waals surface area contributed by atoms with Crippen molar-refractivity contribution in [2.75, 3.05) is 26.1 Å². The summed E-state index contributed by atoms with van der Waals surface area (Å²) in [4.78, 5) is 12.2. The maximum absolute atomic E-state index is 12.2. The highest BCUT2D eigenvalue weighted by Gasteiger charge is 2.09. The molecule has 0 heterocycles. The van der Waals surface area contributed by atoms with Gasteiger partial charge in [-0.05, 0) is 43.2 Å². The third-order valence-electron chi connectivity index (χ3n) is 3.56. The standard InChI is InChI=1S/C19H23NO4/c1-4-24-15-8-5-14(6-9-15)7-12-19(21)20-17-11-10-16(22-2)13-18(17)23-3/h5-6,8-11,13H,4,7,12H2,1-3H3,(H,20,21). The van der Waals surface area contributed by atoms with Gasteiger partial charge in [0.2, 0.25) is 5.91 Å². The molecule has 2 aromatic rings. The van der Waals surface area contributed by atoms with Gasteiger partial charge in [-0.25, -0.2) is 0 Å². The molecule has 24 heavy (non-hydrogen) atoms. The first-order chi connectivity index (χ1) is 11.7. The molecule has 1 N–H and O–H groups in total. The summed E-state index contributed by atoms with van der Waals surface area (Å²) >= 11 is 0. The third kappa shape index (κ3) is 4.91. The Kier molecular flexibility index (Phi) is 6.49. The molecule has 2 rings (SSSR count). The number of amides is 1. The average Bonchev–Trinajstić information content (AvgIpc) is 2.61. The first-order valence-electron chi connectivity index (χ1n) is 7.90. The summed E-state index contributed by atoms with van der Waals surface area (Å²) in [7, 11) is 3.15. The van der Waals surface area contributed by atoms with E-state index in [0.29, 0.717) is 36.6 Å². The van der Waals surface area contributed by atoms with Gasteiger partial charge in [-0.15, -0.1) is 0 Å². The molecule has 5 heteroatoms. The Morgan fingerprint density at radius 3 is 2.33 bits per heavy atom. The first-order valence-corrected chi connectivity index (χ1v) is 7.90. The molecule has 0 spiro atoms. The molecule has 5 nitrogen and oxygen atoms in total. The zero-order valence-corrected chi connectivity index (χ0v) is 14.3. The number of ether oxygens (including phenoxy) is 3. The van der Waals surface area contributed by atoms with Crippen LogP contribution in [0.25, 0.3) is 0 Å². The van der Waals surface area contributed by atoms with Crippen LogP contribution in [0.4, 0.5) is 5.69 Å². The summed E-state index contributed by atoms with van der Waals surface area (Å²) in [5.74, 6) is 2.03. The fourth-order valence-electron chi connectivity index (χ4n) is 2.29. The summed E-state index contributed by atoms with van der Waals surface area (Å²) in [6.45, 7) is 2.59. The molecule has 0 fully saturated rings. The van der Waals surface area contributed by atoms with E-state index >= 15 is 0 Å². The van der Waals surface area contributed by atoms with E-state index in [1.807, 2.05) is 31.2 Å². The largest absolute Gasteiger partial charge is 0.497 e. The molecule has 0 atom stereocenters. The topological polar surface area (TPSA) is 56.8 Å². The van der Waals surface area contributed by atoms with Gasteiger partial charge in [-0.1, -0.05) is 12.1 Å². The monoisotopic (exact) mass is 329 g/mol. The maximum Gasteiger partial charge on any atom is 0.224 e. The van der Waals surface area contributed by atoms with Crippen LogP contribution in [0, 0.1) is 0 Å². The Morgan fingerprint density at radius 2 is 1.71 bits per heavy atom. The fraction of sp³-hybridized carbons (Fsp3) is 0.316. The lowest BCUT2D eigenvalue weighted by atomic mass is 10.1. The number of hydrogen-bond donors (Lipinski definition) is 1. The van der Waals surface area contributed by atoms with Gasteiger partial charge in [0.15, 0.2) is 0 Å². The van der Waals surface area contributed by atoms with E-state index in [1.165, 1.54) is 0 Å². The summed E-state index contributed by atoms with van der Waals surface area (Å²) in [6, 6.07) is 13.1. The molecule has 0 bridgehead atoms. The van der Waals surface area contributed by atoms with Crippen molar-refractivity contribution >= 4 is 11.6 Å². The number of carbonyl (C=O) groups excluding carboxylic acids is 1. The van der Waals surface area contributed by atoms with Crippen LogP contribution >= 0.6 is 0 Å². The number of methoxy groups -OCH3 is 2. The summed E-state index contributed by atoms with van der Waals surface area (Å²) in [5, 5.41) is 2.87. The minimum atomic E-state index is -0.0626. The first kappa shape index (κ1) is 17.7. The van der Waals surface area contributed by atoms with Crippen LogP contribution in [-0.4, -0.2) is 26.7 Å². The smallest absolute Gasteiger partial charge is 0.224 e. The molecular weight excluding hydrogens is 306 g/mol. The molecule has 0 radical (unpaired) electrons. The molecule has 1 amide bonds. The van der Waals surface area contributed by atoms with Crippen molar-refractivity contribution in [3.63, 3.8) is 0 Å². The van der Waals surface area contributed by atoms with Crippen LogP contribution < -0.4 is 19.5 Å². The number of carbonyl (C=O) groups is 1. The molecule has 128 valence electrons. The highest BCUT2D eigenvalue weighted by molar-refractivity contribution is 5.92. The van der Waals surface area contributed by atoms with E-state index in [9.17, 15) is 4.79 Å². The van der Waals surface area contributed by atoms with E-state index in [-0.39, 0.29) is 5.91 Å². The van der Waals surface area contributed by atoms with Crippen LogP contribution in [0.15, 0.2) is 42.5 Å². The van der Waals surface area contributed by atoms with Crippen LogP contribution in [0.5, 0.6) is 17.2 Å². The van der Waals surface area contributed by atoms with Crippen molar-refractivity contribution in [1.82, 2.24) is 0 Å². The van der Waals surface area contributed by atoms with Crippen LogP contribution in [0.1, 0.15) is 18.9 Å². The summed E-state index contributed by atoms with van der Waals surface area (Å²) < 4.78 is 15.8. The van der Waals surface area contributed by atoms with Gasteiger partial charge in [0.05, 0.1) is 26.5 Å². The van der Waals surface area contributed by atoms with Crippen LogP contribution in [0.3, 0.4) is 0 Å². The van der Waals surface area contributed by atoms with E-state index < -0.39 is 0 Å². The fourth-order valence-corrected chi connectivity index (χ4v) is 2.29. The molecule has 0 unspecified atom stereocenters. The Labute approximate surface area is 142 Å². The van der Waals surface area contributed by atoms with Gasteiger partial charge in [0.1, 0.15) is 17.2 Å². The Hall–Kier alpha value is -2.69. The minimum absolute atomic E-state index is 0.0626. The number of rotatable bonds is 8. The van der Waals surface area contributed by atoms with E-state index in [2.05, 4.69) is 5.32 Å². The van der Waals surface area contributed by atoms with Gasteiger partial charge in [0.25, 0.3) is 0 Å². The molecule has 0 saturated heterocycles. The van der Waals surface area contributed by atoms with Crippen LogP contribution in [0.2, 0.25) is 0 Å². The number of nitrogens with one attached hydrogen (secondary N) is 1. The second-order valence-corrected chi connectivity index (χ2v) is 5.19. The zero-order chi connectivity index (χ0) is 17.4. The molecule has 0 aliphatic carbocycles.